The molecule has 4 nitrogen and oxygen atoms in total. The van der Waals surface area contributed by atoms with Crippen LogP contribution in [0.25, 0.3) is 0 Å². The summed E-state index contributed by atoms with van der Waals surface area (Å²) in [6, 6.07) is 14.4. The van der Waals surface area contributed by atoms with E-state index in [0.717, 1.165) is 45.3 Å². The molecule has 0 bridgehead atoms. The van der Waals surface area contributed by atoms with Crippen LogP contribution in [-0.2, 0) is 6.42 Å². The van der Waals surface area contributed by atoms with Crippen LogP contribution in [0.2, 0.25) is 0 Å². The molecule has 1 fully saturated rings. The van der Waals surface area contributed by atoms with Crippen molar-refractivity contribution in [2.24, 2.45) is 0 Å². The molecule has 1 aromatic carbocycles. The topological polar surface area (TPSA) is 40.6 Å². The van der Waals surface area contributed by atoms with Crippen molar-refractivity contribution in [1.82, 2.24) is 9.80 Å². The first-order valence-electron chi connectivity index (χ1n) is 9.69. The number of benzene rings is 1. The van der Waals surface area contributed by atoms with E-state index in [1.807, 2.05) is 11.9 Å². The van der Waals surface area contributed by atoms with Gasteiger partial charge in [0.2, 0.25) is 0 Å². The van der Waals surface area contributed by atoms with Gasteiger partial charge >= 0.3 is 0 Å². The molecule has 0 unspecified atom stereocenters. The van der Waals surface area contributed by atoms with E-state index < -0.39 is 0 Å². The Bertz CT molecular complexity index is 772. The zero-order valence-electron chi connectivity index (χ0n) is 16.2. The minimum Gasteiger partial charge on any atom is -0.337 e. The highest BCUT2D eigenvalue weighted by molar-refractivity contribution is 7.15. The Balaban J connectivity index is 1.51. The number of carbonyl (C=O) groups excluding carboxylic acids is 2. The van der Waals surface area contributed by atoms with Crippen LogP contribution >= 0.6 is 11.3 Å². The van der Waals surface area contributed by atoms with Gasteiger partial charge in [0.1, 0.15) is 0 Å². The summed E-state index contributed by atoms with van der Waals surface area (Å²) in [5.74, 6) is 0.0487. The van der Waals surface area contributed by atoms with Crippen molar-refractivity contribution in [2.75, 3.05) is 26.7 Å². The lowest BCUT2D eigenvalue weighted by atomic mass is 10.0. The zero-order chi connectivity index (χ0) is 19.2. The first-order valence-corrected chi connectivity index (χ1v) is 10.5. The van der Waals surface area contributed by atoms with Crippen molar-refractivity contribution in [3.63, 3.8) is 0 Å². The lowest BCUT2D eigenvalue weighted by molar-refractivity contribution is 0.0621. The van der Waals surface area contributed by atoms with Crippen LogP contribution in [0, 0.1) is 0 Å². The van der Waals surface area contributed by atoms with Crippen LogP contribution in [-0.4, -0.2) is 54.2 Å². The van der Waals surface area contributed by atoms with Crippen LogP contribution in [0.3, 0.4) is 0 Å². The summed E-state index contributed by atoms with van der Waals surface area (Å²) in [4.78, 5) is 29.9. The third kappa shape index (κ3) is 5.27. The highest BCUT2D eigenvalue weighted by Crippen LogP contribution is 2.22. The molecule has 0 spiro atoms. The largest absolute Gasteiger partial charge is 0.337 e. The maximum Gasteiger partial charge on any atom is 0.263 e. The van der Waals surface area contributed by atoms with Crippen molar-refractivity contribution in [3.05, 3.63) is 57.8 Å². The van der Waals surface area contributed by atoms with Gasteiger partial charge in [-0.2, -0.15) is 0 Å². The van der Waals surface area contributed by atoms with Crippen LogP contribution in [0.1, 0.15) is 51.1 Å². The second-order valence-electron chi connectivity index (χ2n) is 7.32. The maximum absolute atomic E-state index is 12.8. The standard InChI is InChI=1S/C22H28N2O2S/c1-17(25)20-12-13-21(27-20)22(26)23(2)19-11-7-15-24(16-19)14-6-10-18-8-4-3-5-9-18/h3-5,8-9,12-13,19H,6-7,10-11,14-16H2,1-2H3/t19-/m0/s1. The molecule has 1 amide bonds. The Hall–Kier alpha value is -1.98. The number of nitrogens with zero attached hydrogens (tertiary/aromatic N) is 2. The van der Waals surface area contributed by atoms with Crippen LogP contribution in [0.4, 0.5) is 0 Å². The Labute approximate surface area is 165 Å². The average Bonchev–Trinajstić information content (AvgIpc) is 3.18. The van der Waals surface area contributed by atoms with Gasteiger partial charge in [0.05, 0.1) is 9.75 Å². The summed E-state index contributed by atoms with van der Waals surface area (Å²) in [6.07, 6.45) is 4.40. The second-order valence-corrected chi connectivity index (χ2v) is 8.41. The Morgan fingerprint density at radius 3 is 2.59 bits per heavy atom. The number of hydrogen-bond acceptors (Lipinski definition) is 4. The quantitative estimate of drug-likeness (QED) is 0.674. The highest BCUT2D eigenvalue weighted by Gasteiger charge is 2.27. The van der Waals surface area contributed by atoms with Crippen molar-refractivity contribution in [3.8, 4) is 0 Å². The number of hydrogen-bond donors (Lipinski definition) is 0. The van der Waals surface area contributed by atoms with E-state index in [-0.39, 0.29) is 17.7 Å². The van der Waals surface area contributed by atoms with Gasteiger partial charge < -0.3 is 9.80 Å². The summed E-state index contributed by atoms with van der Waals surface area (Å²) in [5, 5.41) is 0. The molecule has 1 atom stereocenters. The molecule has 0 aliphatic carbocycles. The number of Topliss-reactive ketones (excluding diaryl/α,β-unsaturated/α-hetero) is 1. The molecular formula is C22H28N2O2S. The molecule has 1 aliphatic heterocycles. The summed E-state index contributed by atoms with van der Waals surface area (Å²) >= 11 is 1.30. The molecule has 2 aromatic rings. The van der Waals surface area contributed by atoms with Gasteiger partial charge in [0.25, 0.3) is 5.91 Å². The van der Waals surface area contributed by atoms with Gasteiger partial charge in [0.15, 0.2) is 5.78 Å². The fourth-order valence-corrected chi connectivity index (χ4v) is 4.57. The minimum absolute atomic E-state index is 0.0176. The minimum atomic E-state index is 0.0176. The Kier molecular flexibility index (Phi) is 6.80. The molecule has 0 N–H and O–H groups in total. The number of amides is 1. The first kappa shape index (κ1) is 19.8. The smallest absolute Gasteiger partial charge is 0.263 e. The van der Waals surface area contributed by atoms with E-state index in [9.17, 15) is 9.59 Å². The van der Waals surface area contributed by atoms with Gasteiger partial charge in [-0.05, 0) is 63.4 Å². The molecule has 1 aliphatic rings. The van der Waals surface area contributed by atoms with Gasteiger partial charge in [-0.3, -0.25) is 9.59 Å². The molecule has 3 rings (SSSR count). The molecule has 27 heavy (non-hydrogen) atoms. The SMILES string of the molecule is CC(=O)c1ccc(C(=O)N(C)[C@H]2CCCN(CCCc3ccccc3)C2)s1. The second kappa shape index (κ2) is 9.29. The number of piperidine rings is 1. The van der Waals surface area contributed by atoms with Crippen LogP contribution in [0.15, 0.2) is 42.5 Å². The molecule has 5 heteroatoms. The first-order chi connectivity index (χ1) is 13.0. The number of thiophene rings is 1. The number of carbonyl (C=O) groups is 2. The summed E-state index contributed by atoms with van der Waals surface area (Å²) in [6.45, 7) is 4.65. The molecule has 0 saturated carbocycles. The fraction of sp³-hybridized carbons (Fsp3) is 0.455. The van der Waals surface area contributed by atoms with Gasteiger partial charge in [-0.15, -0.1) is 11.3 Å². The lowest BCUT2D eigenvalue weighted by Gasteiger charge is -2.37. The Morgan fingerprint density at radius 1 is 1.15 bits per heavy atom. The van der Waals surface area contributed by atoms with Gasteiger partial charge in [-0.25, -0.2) is 0 Å². The molecule has 0 radical (unpaired) electrons. The van der Waals surface area contributed by atoms with Gasteiger partial charge in [-0.1, -0.05) is 30.3 Å². The zero-order valence-corrected chi connectivity index (χ0v) is 17.0. The lowest BCUT2D eigenvalue weighted by Crippen LogP contribution is -2.48. The van der Waals surface area contributed by atoms with E-state index in [1.165, 1.54) is 23.8 Å². The van der Waals surface area contributed by atoms with E-state index in [2.05, 4.69) is 35.2 Å². The number of aryl methyl sites for hydroxylation is 1. The molecule has 1 aromatic heterocycles. The maximum atomic E-state index is 12.8. The van der Waals surface area contributed by atoms with E-state index >= 15 is 0 Å². The molecule has 2 heterocycles. The normalized spacial score (nSPS) is 17.6. The number of ketones is 1. The number of likely N-dealkylation sites (tertiary alicyclic amines) is 1. The van der Waals surface area contributed by atoms with Crippen molar-refractivity contribution >= 4 is 23.0 Å². The number of likely N-dealkylation sites (N-methyl/N-ethyl adjacent to an activating group) is 1. The van der Waals surface area contributed by atoms with E-state index in [1.54, 1.807) is 12.1 Å². The number of rotatable bonds is 7. The predicted octanol–water partition coefficient (Wildman–Crippen LogP) is 4.12. The van der Waals surface area contributed by atoms with E-state index in [0.29, 0.717) is 9.75 Å². The average molecular weight is 385 g/mol. The summed E-state index contributed by atoms with van der Waals surface area (Å²) < 4.78 is 0. The third-order valence-corrected chi connectivity index (χ3v) is 6.47. The van der Waals surface area contributed by atoms with Crippen molar-refractivity contribution in [1.29, 1.82) is 0 Å². The van der Waals surface area contributed by atoms with Gasteiger partial charge in [0, 0.05) is 19.6 Å². The third-order valence-electron chi connectivity index (χ3n) is 5.30. The monoisotopic (exact) mass is 384 g/mol. The highest BCUT2D eigenvalue weighted by atomic mass is 32.1. The summed E-state index contributed by atoms with van der Waals surface area (Å²) in [5.41, 5.74) is 1.39. The predicted molar refractivity (Wildman–Crippen MR) is 111 cm³/mol. The van der Waals surface area contributed by atoms with E-state index in [4.69, 9.17) is 0 Å². The van der Waals surface area contributed by atoms with Crippen molar-refractivity contribution in [2.45, 2.75) is 38.6 Å². The fourth-order valence-electron chi connectivity index (χ4n) is 3.68. The molecule has 144 valence electrons. The molecular weight excluding hydrogens is 356 g/mol. The molecule has 1 saturated heterocycles. The van der Waals surface area contributed by atoms with Crippen LogP contribution in [0.5, 0.6) is 0 Å². The summed E-state index contributed by atoms with van der Waals surface area (Å²) in [7, 11) is 1.90. The Morgan fingerprint density at radius 2 is 1.89 bits per heavy atom. The van der Waals surface area contributed by atoms with Crippen molar-refractivity contribution < 1.29 is 9.59 Å². The van der Waals surface area contributed by atoms with Crippen LogP contribution < -0.4 is 0 Å².